The number of rotatable bonds is 5. The Labute approximate surface area is 150 Å². The van der Waals surface area contributed by atoms with Crippen LogP contribution in [0.5, 0.6) is 0 Å². The number of nitrogen functional groups attached to an aromatic ring is 1. The molecule has 6 nitrogen and oxygen atoms in total. The second-order valence-corrected chi connectivity index (χ2v) is 5.63. The molecule has 0 bridgehead atoms. The van der Waals surface area contributed by atoms with E-state index in [2.05, 4.69) is 15.8 Å². The highest BCUT2D eigenvalue weighted by molar-refractivity contribution is 6.07. The molecule has 0 aliphatic rings. The Hall–Kier alpha value is -3.67. The van der Waals surface area contributed by atoms with E-state index in [-0.39, 0.29) is 12.5 Å². The summed E-state index contributed by atoms with van der Waals surface area (Å²) >= 11 is 0. The van der Waals surface area contributed by atoms with Gasteiger partial charge in [0.25, 0.3) is 11.8 Å². The highest BCUT2D eigenvalue weighted by atomic mass is 16.2. The Morgan fingerprint density at radius 3 is 2.54 bits per heavy atom. The Morgan fingerprint density at radius 2 is 1.69 bits per heavy atom. The van der Waals surface area contributed by atoms with Crippen LogP contribution in [-0.4, -0.2) is 24.6 Å². The van der Waals surface area contributed by atoms with Gasteiger partial charge >= 0.3 is 0 Å². The van der Waals surface area contributed by atoms with Crippen molar-refractivity contribution in [1.82, 2.24) is 10.7 Å². The molecule has 0 saturated carbocycles. The third kappa shape index (κ3) is 4.05. The minimum atomic E-state index is -0.427. The van der Waals surface area contributed by atoms with E-state index in [0.717, 1.165) is 10.8 Å². The average Bonchev–Trinajstić information content (AvgIpc) is 2.67. The molecule has 4 N–H and O–H groups in total. The summed E-state index contributed by atoms with van der Waals surface area (Å²) in [5, 5.41) is 8.25. The number of fused-ring (bicyclic) bond motifs is 1. The number of anilines is 1. The molecule has 6 heteroatoms. The van der Waals surface area contributed by atoms with Crippen LogP contribution in [0.1, 0.15) is 15.9 Å². The van der Waals surface area contributed by atoms with Crippen molar-refractivity contribution in [3.8, 4) is 0 Å². The second kappa shape index (κ2) is 7.94. The summed E-state index contributed by atoms with van der Waals surface area (Å²) in [5.74, 6) is -0.738. The van der Waals surface area contributed by atoms with Crippen LogP contribution in [0.3, 0.4) is 0 Å². The summed E-state index contributed by atoms with van der Waals surface area (Å²) in [4.78, 5) is 24.2. The molecule has 0 saturated heterocycles. The minimum Gasteiger partial charge on any atom is -0.398 e. The van der Waals surface area contributed by atoms with E-state index in [1.807, 2.05) is 48.5 Å². The molecule has 0 atom stereocenters. The van der Waals surface area contributed by atoms with Crippen molar-refractivity contribution in [3.63, 3.8) is 0 Å². The normalized spacial score (nSPS) is 10.8. The van der Waals surface area contributed by atoms with E-state index in [1.54, 1.807) is 18.2 Å². The van der Waals surface area contributed by atoms with E-state index >= 15 is 0 Å². The predicted molar refractivity (Wildman–Crippen MR) is 103 cm³/mol. The van der Waals surface area contributed by atoms with Crippen LogP contribution in [0.15, 0.2) is 71.8 Å². The summed E-state index contributed by atoms with van der Waals surface area (Å²) in [6.07, 6.45) is 1.46. The number of para-hydroxylation sites is 1. The molecule has 0 aliphatic heterocycles. The zero-order valence-corrected chi connectivity index (χ0v) is 14.0. The van der Waals surface area contributed by atoms with E-state index in [0.29, 0.717) is 16.8 Å². The standard InChI is InChI=1S/C20H18N4O2/c21-18-11-4-2-7-15(18)12-23-24-19(25)13-22-20(26)17-10-5-8-14-6-1-3-9-16(14)17/h1-12H,13,21H2,(H,22,26)(H,24,25). The molecule has 3 aromatic rings. The van der Waals surface area contributed by atoms with Crippen LogP contribution in [0, 0.1) is 0 Å². The first-order chi connectivity index (χ1) is 12.6. The number of nitrogens with two attached hydrogens (primary N) is 1. The van der Waals surface area contributed by atoms with Crippen molar-refractivity contribution >= 4 is 34.5 Å². The summed E-state index contributed by atoms with van der Waals surface area (Å²) in [5.41, 5.74) is 9.94. The van der Waals surface area contributed by atoms with Crippen molar-refractivity contribution in [2.24, 2.45) is 5.10 Å². The lowest BCUT2D eigenvalue weighted by Gasteiger charge is -2.07. The van der Waals surface area contributed by atoms with E-state index < -0.39 is 5.91 Å². The quantitative estimate of drug-likeness (QED) is 0.376. The molecule has 3 aromatic carbocycles. The highest BCUT2D eigenvalue weighted by Gasteiger charge is 2.10. The van der Waals surface area contributed by atoms with Crippen LogP contribution in [0.2, 0.25) is 0 Å². The maximum atomic E-state index is 12.4. The van der Waals surface area contributed by atoms with Crippen LogP contribution < -0.4 is 16.5 Å². The van der Waals surface area contributed by atoms with Gasteiger partial charge in [-0.1, -0.05) is 54.6 Å². The largest absolute Gasteiger partial charge is 0.398 e. The maximum Gasteiger partial charge on any atom is 0.259 e. The third-order valence-corrected chi connectivity index (χ3v) is 3.83. The van der Waals surface area contributed by atoms with Gasteiger partial charge in [0.15, 0.2) is 0 Å². The SMILES string of the molecule is Nc1ccccc1C=NNC(=O)CNC(=O)c1cccc2ccccc12. The highest BCUT2D eigenvalue weighted by Crippen LogP contribution is 2.18. The van der Waals surface area contributed by atoms with Gasteiger partial charge in [0.2, 0.25) is 0 Å². The zero-order chi connectivity index (χ0) is 18.4. The fraction of sp³-hybridized carbons (Fsp3) is 0.0500. The number of benzene rings is 3. The van der Waals surface area contributed by atoms with E-state index in [4.69, 9.17) is 5.73 Å². The summed E-state index contributed by atoms with van der Waals surface area (Å²) in [6.45, 7) is -0.177. The number of carbonyl (C=O) groups excluding carboxylic acids is 2. The molecule has 0 heterocycles. The first kappa shape index (κ1) is 17.2. The molecule has 26 heavy (non-hydrogen) atoms. The fourth-order valence-electron chi connectivity index (χ4n) is 2.52. The molecule has 0 unspecified atom stereocenters. The molecular formula is C20H18N4O2. The van der Waals surface area contributed by atoms with Gasteiger partial charge in [0.05, 0.1) is 12.8 Å². The van der Waals surface area contributed by atoms with Gasteiger partial charge in [0.1, 0.15) is 0 Å². The number of nitrogens with zero attached hydrogens (tertiary/aromatic N) is 1. The lowest BCUT2D eigenvalue weighted by atomic mass is 10.0. The van der Waals surface area contributed by atoms with Crippen molar-refractivity contribution in [2.75, 3.05) is 12.3 Å². The summed E-state index contributed by atoms with van der Waals surface area (Å²) in [6, 6.07) is 20.2. The Morgan fingerprint density at radius 1 is 0.962 bits per heavy atom. The molecule has 0 radical (unpaired) electrons. The molecule has 2 amide bonds. The first-order valence-corrected chi connectivity index (χ1v) is 8.07. The van der Waals surface area contributed by atoms with Crippen LogP contribution >= 0.6 is 0 Å². The lowest BCUT2D eigenvalue weighted by molar-refractivity contribution is -0.120. The van der Waals surface area contributed by atoms with Gasteiger partial charge in [0, 0.05) is 16.8 Å². The molecule has 130 valence electrons. The van der Waals surface area contributed by atoms with Gasteiger partial charge in [-0.3, -0.25) is 9.59 Å². The molecule has 0 spiro atoms. The lowest BCUT2D eigenvalue weighted by Crippen LogP contribution is -2.35. The van der Waals surface area contributed by atoms with Crippen LogP contribution in [0.4, 0.5) is 5.69 Å². The number of amides is 2. The molecule has 0 aliphatic carbocycles. The average molecular weight is 346 g/mol. The van der Waals surface area contributed by atoms with Gasteiger partial charge in [-0.05, 0) is 22.9 Å². The number of hydrazone groups is 1. The van der Waals surface area contributed by atoms with Gasteiger partial charge in [-0.25, -0.2) is 5.43 Å². The Balaban J connectivity index is 1.57. The molecule has 3 rings (SSSR count). The monoisotopic (exact) mass is 346 g/mol. The molecule has 0 fully saturated rings. The predicted octanol–water partition coefficient (Wildman–Crippen LogP) is 2.30. The van der Waals surface area contributed by atoms with Gasteiger partial charge in [-0.15, -0.1) is 0 Å². The topological polar surface area (TPSA) is 96.6 Å². The van der Waals surface area contributed by atoms with E-state index in [9.17, 15) is 9.59 Å². The van der Waals surface area contributed by atoms with Gasteiger partial charge < -0.3 is 11.1 Å². The number of hydrogen-bond acceptors (Lipinski definition) is 4. The van der Waals surface area contributed by atoms with Crippen LogP contribution in [-0.2, 0) is 4.79 Å². The summed E-state index contributed by atoms with van der Waals surface area (Å²) < 4.78 is 0. The smallest absolute Gasteiger partial charge is 0.259 e. The first-order valence-electron chi connectivity index (χ1n) is 8.07. The Kier molecular flexibility index (Phi) is 5.24. The minimum absolute atomic E-state index is 0.177. The van der Waals surface area contributed by atoms with Crippen molar-refractivity contribution < 1.29 is 9.59 Å². The Bertz CT molecular complexity index is 977. The van der Waals surface area contributed by atoms with Crippen molar-refractivity contribution in [1.29, 1.82) is 0 Å². The summed E-state index contributed by atoms with van der Waals surface area (Å²) in [7, 11) is 0. The van der Waals surface area contributed by atoms with Crippen LogP contribution in [0.25, 0.3) is 10.8 Å². The number of carbonyl (C=O) groups is 2. The fourth-order valence-corrected chi connectivity index (χ4v) is 2.52. The number of nitrogens with one attached hydrogen (secondary N) is 2. The maximum absolute atomic E-state index is 12.4. The number of hydrogen-bond donors (Lipinski definition) is 3. The van der Waals surface area contributed by atoms with Crippen molar-refractivity contribution in [3.05, 3.63) is 77.9 Å². The molecular weight excluding hydrogens is 328 g/mol. The van der Waals surface area contributed by atoms with Gasteiger partial charge in [-0.2, -0.15) is 5.10 Å². The second-order valence-electron chi connectivity index (χ2n) is 5.63. The zero-order valence-electron chi connectivity index (χ0n) is 14.0. The molecule has 0 aromatic heterocycles. The van der Waals surface area contributed by atoms with E-state index in [1.165, 1.54) is 6.21 Å². The third-order valence-electron chi connectivity index (χ3n) is 3.83. The van der Waals surface area contributed by atoms with Crippen molar-refractivity contribution in [2.45, 2.75) is 0 Å².